The van der Waals surface area contributed by atoms with Crippen LogP contribution < -0.4 is 0 Å². The number of allylic oxidation sites excluding steroid dienone is 2. The summed E-state index contributed by atoms with van der Waals surface area (Å²) in [6, 6.07) is 10.3. The monoisotopic (exact) mass is 215 g/mol. The summed E-state index contributed by atoms with van der Waals surface area (Å²) in [5, 5.41) is 0. The Labute approximate surface area is 98.9 Å². The van der Waals surface area contributed by atoms with Gasteiger partial charge in [-0.2, -0.15) is 0 Å². The normalized spacial score (nSPS) is 11.8. The molecule has 1 heteroatoms. The van der Waals surface area contributed by atoms with Gasteiger partial charge in [0.05, 0.1) is 0 Å². The fraction of sp³-hybridized carbons (Fsp3) is 0.400. The van der Waals surface area contributed by atoms with Crippen LogP contribution in [0.4, 0.5) is 0 Å². The van der Waals surface area contributed by atoms with Gasteiger partial charge in [-0.15, -0.1) is 0 Å². The Kier molecular flexibility index (Phi) is 4.48. The molecule has 0 saturated carbocycles. The second-order valence-corrected chi connectivity index (χ2v) is 4.60. The van der Waals surface area contributed by atoms with Crippen molar-refractivity contribution in [3.05, 3.63) is 47.2 Å². The fourth-order valence-corrected chi connectivity index (χ4v) is 1.74. The highest BCUT2D eigenvalue weighted by Crippen LogP contribution is 2.17. The van der Waals surface area contributed by atoms with E-state index in [1.807, 2.05) is 18.2 Å². The highest BCUT2D eigenvalue weighted by atomic mass is 14.8. The Morgan fingerprint density at radius 2 is 1.56 bits per heavy atom. The minimum atomic E-state index is 0.476. The van der Waals surface area contributed by atoms with Crippen LogP contribution in [0, 0.1) is 5.92 Å². The molecular weight excluding hydrogens is 194 g/mol. The van der Waals surface area contributed by atoms with E-state index >= 15 is 0 Å². The van der Waals surface area contributed by atoms with E-state index in [0.29, 0.717) is 5.92 Å². The van der Waals surface area contributed by atoms with E-state index in [0.717, 1.165) is 5.71 Å². The predicted octanol–water partition coefficient (Wildman–Crippen LogP) is 4.45. The van der Waals surface area contributed by atoms with Crippen LogP contribution in [-0.2, 0) is 0 Å². The molecule has 0 aromatic heterocycles. The van der Waals surface area contributed by atoms with Crippen LogP contribution in [0.25, 0.3) is 0 Å². The molecule has 1 aromatic rings. The van der Waals surface area contributed by atoms with Crippen molar-refractivity contribution in [3.63, 3.8) is 0 Å². The van der Waals surface area contributed by atoms with E-state index in [4.69, 9.17) is 4.99 Å². The van der Waals surface area contributed by atoms with E-state index in [2.05, 4.69) is 46.8 Å². The molecule has 1 rings (SSSR count). The maximum absolute atomic E-state index is 4.74. The molecule has 0 N–H and O–H groups in total. The molecule has 1 nitrogen and oxygen atoms in total. The standard InChI is InChI=1S/C15H21N/c1-11(2)15(12(3)4)16-13(5)14-9-7-6-8-10-14/h6-11H,1-5H3. The molecule has 0 unspecified atom stereocenters. The first-order chi connectivity index (χ1) is 7.52. The van der Waals surface area contributed by atoms with E-state index < -0.39 is 0 Å². The molecule has 0 fully saturated rings. The minimum Gasteiger partial charge on any atom is -0.257 e. The summed E-state index contributed by atoms with van der Waals surface area (Å²) in [6.45, 7) is 10.7. The zero-order valence-electron chi connectivity index (χ0n) is 10.9. The second kappa shape index (κ2) is 5.64. The number of hydrogen-bond acceptors (Lipinski definition) is 1. The minimum absolute atomic E-state index is 0.476. The fourth-order valence-electron chi connectivity index (χ4n) is 1.74. The molecule has 0 bridgehead atoms. The molecule has 0 heterocycles. The predicted molar refractivity (Wildman–Crippen MR) is 71.9 cm³/mol. The van der Waals surface area contributed by atoms with Gasteiger partial charge in [0.15, 0.2) is 0 Å². The Morgan fingerprint density at radius 1 is 1.00 bits per heavy atom. The van der Waals surface area contributed by atoms with Crippen molar-refractivity contribution in [2.75, 3.05) is 0 Å². The molecule has 0 amide bonds. The van der Waals surface area contributed by atoms with Crippen LogP contribution in [0.2, 0.25) is 0 Å². The van der Waals surface area contributed by atoms with Gasteiger partial charge < -0.3 is 0 Å². The maximum Gasteiger partial charge on any atom is 0.0448 e. The molecular formula is C15H21N. The third-order valence-corrected chi connectivity index (χ3v) is 2.54. The molecule has 0 atom stereocenters. The van der Waals surface area contributed by atoms with Crippen LogP contribution in [0.3, 0.4) is 0 Å². The van der Waals surface area contributed by atoms with Crippen LogP contribution in [-0.4, -0.2) is 5.71 Å². The third-order valence-electron chi connectivity index (χ3n) is 2.54. The lowest BCUT2D eigenvalue weighted by Crippen LogP contribution is -2.00. The van der Waals surface area contributed by atoms with Crippen molar-refractivity contribution in [1.82, 2.24) is 0 Å². The summed E-state index contributed by atoms with van der Waals surface area (Å²) >= 11 is 0. The van der Waals surface area contributed by atoms with E-state index in [1.54, 1.807) is 0 Å². The van der Waals surface area contributed by atoms with Crippen LogP contribution in [0.5, 0.6) is 0 Å². The number of nitrogens with zero attached hydrogens (tertiary/aromatic N) is 1. The van der Waals surface area contributed by atoms with Crippen molar-refractivity contribution >= 4 is 5.71 Å². The van der Waals surface area contributed by atoms with E-state index in [-0.39, 0.29) is 0 Å². The van der Waals surface area contributed by atoms with Gasteiger partial charge in [-0.3, -0.25) is 4.99 Å². The average molecular weight is 215 g/mol. The van der Waals surface area contributed by atoms with Crippen LogP contribution in [0.15, 0.2) is 46.6 Å². The van der Waals surface area contributed by atoms with Crippen LogP contribution in [0.1, 0.15) is 40.2 Å². The maximum atomic E-state index is 4.74. The first-order valence-electron chi connectivity index (χ1n) is 5.80. The van der Waals surface area contributed by atoms with Crippen molar-refractivity contribution < 1.29 is 0 Å². The SMILES string of the molecule is CC(=NC(=C(C)C)C(C)C)c1ccccc1. The number of hydrogen-bond donors (Lipinski definition) is 0. The first kappa shape index (κ1) is 12.7. The van der Waals surface area contributed by atoms with E-state index in [9.17, 15) is 0 Å². The summed E-state index contributed by atoms with van der Waals surface area (Å²) < 4.78 is 0. The van der Waals surface area contributed by atoms with Crippen molar-refractivity contribution in [3.8, 4) is 0 Å². The van der Waals surface area contributed by atoms with Gasteiger partial charge in [0.25, 0.3) is 0 Å². The smallest absolute Gasteiger partial charge is 0.0448 e. The summed E-state index contributed by atoms with van der Waals surface area (Å²) in [5.41, 5.74) is 4.78. The molecule has 0 aliphatic carbocycles. The largest absolute Gasteiger partial charge is 0.257 e. The molecule has 86 valence electrons. The molecule has 0 saturated heterocycles. The van der Waals surface area contributed by atoms with Gasteiger partial charge in [-0.1, -0.05) is 49.8 Å². The van der Waals surface area contributed by atoms with Gasteiger partial charge in [0.1, 0.15) is 0 Å². The molecule has 0 aliphatic rings. The lowest BCUT2D eigenvalue weighted by atomic mass is 10.1. The molecule has 1 aromatic carbocycles. The van der Waals surface area contributed by atoms with Gasteiger partial charge in [-0.05, 0) is 32.3 Å². The van der Waals surface area contributed by atoms with Gasteiger partial charge >= 0.3 is 0 Å². The average Bonchev–Trinajstić information content (AvgIpc) is 2.25. The highest BCUT2D eigenvalue weighted by Gasteiger charge is 2.05. The zero-order valence-corrected chi connectivity index (χ0v) is 10.9. The van der Waals surface area contributed by atoms with E-state index in [1.165, 1.54) is 16.8 Å². The van der Waals surface area contributed by atoms with Gasteiger partial charge in [-0.25, -0.2) is 0 Å². The second-order valence-electron chi connectivity index (χ2n) is 4.60. The summed E-state index contributed by atoms with van der Waals surface area (Å²) in [5.74, 6) is 0.476. The Hall–Kier alpha value is -1.37. The van der Waals surface area contributed by atoms with Gasteiger partial charge in [0, 0.05) is 11.4 Å². The molecule has 0 radical (unpaired) electrons. The summed E-state index contributed by atoms with van der Waals surface area (Å²) in [6.07, 6.45) is 0. The third kappa shape index (κ3) is 3.34. The number of rotatable bonds is 3. The van der Waals surface area contributed by atoms with Crippen molar-refractivity contribution in [2.45, 2.75) is 34.6 Å². The summed E-state index contributed by atoms with van der Waals surface area (Å²) in [4.78, 5) is 4.74. The molecule has 16 heavy (non-hydrogen) atoms. The van der Waals surface area contributed by atoms with Crippen molar-refractivity contribution in [1.29, 1.82) is 0 Å². The Morgan fingerprint density at radius 3 is 2.00 bits per heavy atom. The van der Waals surface area contributed by atoms with Crippen LogP contribution >= 0.6 is 0 Å². The first-order valence-corrected chi connectivity index (χ1v) is 5.80. The topological polar surface area (TPSA) is 12.4 Å². The number of benzene rings is 1. The Bertz CT molecular complexity index is 393. The quantitative estimate of drug-likeness (QED) is 0.661. The van der Waals surface area contributed by atoms with Crippen molar-refractivity contribution in [2.24, 2.45) is 10.9 Å². The zero-order chi connectivity index (χ0) is 12.1. The Balaban J connectivity index is 3.06. The lowest BCUT2D eigenvalue weighted by molar-refractivity contribution is 0.745. The molecule has 0 aliphatic heterocycles. The molecule has 0 spiro atoms. The van der Waals surface area contributed by atoms with Gasteiger partial charge in [0.2, 0.25) is 0 Å². The highest BCUT2D eigenvalue weighted by molar-refractivity contribution is 5.99. The lowest BCUT2D eigenvalue weighted by Gasteiger charge is -2.10. The summed E-state index contributed by atoms with van der Waals surface area (Å²) in [7, 11) is 0. The number of aliphatic imine (C=N–C) groups is 1.